The van der Waals surface area contributed by atoms with Gasteiger partial charge in [-0.05, 0) is 18.2 Å². The predicted octanol–water partition coefficient (Wildman–Crippen LogP) is 0.428. The maximum atomic E-state index is 10.7. The molecule has 0 amide bonds. The van der Waals surface area contributed by atoms with E-state index in [1.165, 1.54) is 0 Å². The molecule has 0 aliphatic carbocycles. The number of hydrogen-bond acceptors (Lipinski definition) is 3. The van der Waals surface area contributed by atoms with Gasteiger partial charge in [0.25, 0.3) is 0 Å². The van der Waals surface area contributed by atoms with Crippen molar-refractivity contribution < 1.29 is 26.3 Å². The molecule has 1 rings (SSSR count). The smallest absolute Gasteiger partial charge is 0.186 e. The van der Waals surface area contributed by atoms with Gasteiger partial charge in [0.1, 0.15) is 0 Å². The van der Waals surface area contributed by atoms with Gasteiger partial charge in [0.05, 0.1) is 14.7 Å². The van der Waals surface area contributed by atoms with Crippen molar-refractivity contribution in [2.75, 3.05) is 0 Å². The van der Waals surface area contributed by atoms with Crippen LogP contribution in [0.25, 0.3) is 0 Å². The Bertz CT molecular complexity index is 377. The van der Waals surface area contributed by atoms with E-state index in [0.29, 0.717) is 0 Å². The molecule has 3 atom stereocenters. The van der Waals surface area contributed by atoms with Gasteiger partial charge in [-0.15, -0.1) is 0 Å². The van der Waals surface area contributed by atoms with Gasteiger partial charge in [-0.1, -0.05) is 0 Å². The van der Waals surface area contributed by atoms with E-state index < -0.39 is 33.2 Å². The van der Waals surface area contributed by atoms with Crippen LogP contribution in [-0.2, 0) is 33.2 Å². The zero-order valence-corrected chi connectivity index (χ0v) is 9.47. The largest absolute Gasteiger partial charge is 0.302 e. The van der Waals surface area contributed by atoms with Gasteiger partial charge in [0, 0.05) is 0 Å². The molecule has 9 heteroatoms. The molecule has 1 aromatic carbocycles. The van der Waals surface area contributed by atoms with Crippen molar-refractivity contribution in [3.8, 4) is 0 Å². The molecule has 3 N–H and O–H groups in total. The molecule has 0 aromatic heterocycles. The molecule has 0 radical (unpaired) electrons. The Morgan fingerprint density at radius 3 is 1.00 bits per heavy atom. The fourth-order valence-corrected chi connectivity index (χ4v) is 2.44. The van der Waals surface area contributed by atoms with Gasteiger partial charge in [-0.2, -0.15) is 0 Å². The Labute approximate surface area is 92.6 Å². The molecule has 0 saturated heterocycles. The third-order valence-electron chi connectivity index (χ3n) is 1.46. The molecule has 3 unspecified atom stereocenters. The fraction of sp³-hybridized carbons (Fsp3) is 0. The first-order valence-electron chi connectivity index (χ1n) is 3.39. The minimum atomic E-state index is -2.37. The molecule has 6 nitrogen and oxygen atoms in total. The van der Waals surface area contributed by atoms with Crippen LogP contribution in [0.5, 0.6) is 0 Å². The molecule has 0 spiro atoms. The lowest BCUT2D eigenvalue weighted by atomic mass is 10.4. The highest BCUT2D eigenvalue weighted by atomic mass is 32.2. The van der Waals surface area contributed by atoms with Crippen LogP contribution in [0.1, 0.15) is 0 Å². The van der Waals surface area contributed by atoms with E-state index in [9.17, 15) is 12.6 Å². The Hall–Kier alpha value is -0.450. The number of rotatable bonds is 3. The summed E-state index contributed by atoms with van der Waals surface area (Å²) in [6.45, 7) is 0. The van der Waals surface area contributed by atoms with Gasteiger partial charge >= 0.3 is 0 Å². The quantitative estimate of drug-likeness (QED) is 0.687. The SMILES string of the molecule is O=S(O)c1cc(S(=O)O)cc(S(=O)O)c1. The number of hydrogen-bond donors (Lipinski definition) is 3. The lowest BCUT2D eigenvalue weighted by Crippen LogP contribution is -1.98. The van der Waals surface area contributed by atoms with Gasteiger partial charge < -0.3 is 13.7 Å². The lowest BCUT2D eigenvalue weighted by Gasteiger charge is -2.01. The average Bonchev–Trinajstić information content (AvgIpc) is 2.16. The summed E-state index contributed by atoms with van der Waals surface area (Å²) in [5, 5.41) is 0. The van der Waals surface area contributed by atoms with Crippen LogP contribution in [-0.4, -0.2) is 26.3 Å². The summed E-state index contributed by atoms with van der Waals surface area (Å²) >= 11 is -7.12. The highest BCUT2D eigenvalue weighted by Crippen LogP contribution is 2.17. The van der Waals surface area contributed by atoms with Crippen LogP contribution >= 0.6 is 0 Å². The highest BCUT2D eigenvalue weighted by Gasteiger charge is 2.11. The Morgan fingerprint density at radius 1 is 0.667 bits per heavy atom. The van der Waals surface area contributed by atoms with Crippen LogP contribution in [0.2, 0.25) is 0 Å². The van der Waals surface area contributed by atoms with Crippen molar-refractivity contribution in [1.29, 1.82) is 0 Å². The van der Waals surface area contributed by atoms with Crippen molar-refractivity contribution in [1.82, 2.24) is 0 Å². The molecule has 0 aliphatic heterocycles. The molecule has 0 fully saturated rings. The molecule has 1 aromatic rings. The monoisotopic (exact) mass is 270 g/mol. The Balaban J connectivity index is 3.39. The van der Waals surface area contributed by atoms with Crippen LogP contribution in [0.15, 0.2) is 32.9 Å². The third-order valence-corrected chi connectivity index (χ3v) is 3.38. The summed E-state index contributed by atoms with van der Waals surface area (Å²) in [4.78, 5) is -0.605. The maximum absolute atomic E-state index is 10.7. The van der Waals surface area contributed by atoms with E-state index in [1.54, 1.807) is 0 Å². The van der Waals surface area contributed by atoms with Crippen molar-refractivity contribution >= 4 is 33.2 Å². The van der Waals surface area contributed by atoms with Gasteiger partial charge in [-0.25, -0.2) is 12.6 Å². The summed E-state index contributed by atoms with van der Waals surface area (Å²) in [5.74, 6) is 0. The number of benzene rings is 1. The van der Waals surface area contributed by atoms with E-state index in [1.807, 2.05) is 0 Å². The topological polar surface area (TPSA) is 112 Å². The van der Waals surface area contributed by atoms with E-state index in [2.05, 4.69) is 0 Å². The first kappa shape index (κ1) is 12.6. The summed E-state index contributed by atoms with van der Waals surface area (Å²) in [6, 6.07) is 3.05. The van der Waals surface area contributed by atoms with Gasteiger partial charge in [0.15, 0.2) is 33.2 Å². The van der Waals surface area contributed by atoms with Crippen LogP contribution in [0.4, 0.5) is 0 Å². The van der Waals surface area contributed by atoms with E-state index in [0.717, 1.165) is 18.2 Å². The fourth-order valence-electron chi connectivity index (χ4n) is 0.848. The summed E-state index contributed by atoms with van der Waals surface area (Å²) in [7, 11) is 0. The average molecular weight is 270 g/mol. The van der Waals surface area contributed by atoms with Crippen LogP contribution < -0.4 is 0 Å². The second-order valence-corrected chi connectivity index (χ2v) is 5.30. The van der Waals surface area contributed by atoms with Crippen LogP contribution in [0.3, 0.4) is 0 Å². The minimum absolute atomic E-state index is 0.202. The van der Waals surface area contributed by atoms with Crippen LogP contribution in [0, 0.1) is 0 Å². The maximum Gasteiger partial charge on any atom is 0.186 e. The van der Waals surface area contributed by atoms with Crippen molar-refractivity contribution in [2.45, 2.75) is 14.7 Å². The summed E-state index contributed by atoms with van der Waals surface area (Å²) in [5.41, 5.74) is 0. The van der Waals surface area contributed by atoms with Crippen molar-refractivity contribution in [2.24, 2.45) is 0 Å². The van der Waals surface area contributed by atoms with Gasteiger partial charge in [0.2, 0.25) is 0 Å². The first-order chi connectivity index (χ1) is 6.91. The zero-order valence-electron chi connectivity index (χ0n) is 7.02. The summed E-state index contributed by atoms with van der Waals surface area (Å²) < 4.78 is 58.3. The van der Waals surface area contributed by atoms with Crippen molar-refractivity contribution in [3.63, 3.8) is 0 Å². The zero-order chi connectivity index (χ0) is 11.6. The lowest BCUT2D eigenvalue weighted by molar-refractivity contribution is 0.559. The van der Waals surface area contributed by atoms with Crippen molar-refractivity contribution in [3.05, 3.63) is 18.2 Å². The minimum Gasteiger partial charge on any atom is -0.302 e. The second kappa shape index (κ2) is 5.05. The summed E-state index contributed by atoms with van der Waals surface area (Å²) in [6.07, 6.45) is 0. The van der Waals surface area contributed by atoms with Gasteiger partial charge in [-0.3, -0.25) is 0 Å². The Morgan fingerprint density at radius 2 is 0.867 bits per heavy atom. The first-order valence-corrected chi connectivity index (χ1v) is 6.71. The molecule has 0 heterocycles. The standard InChI is InChI=1S/C6H6O6S3/c7-13(8)4-1-5(14(9)10)3-6(2-4)15(11)12/h1-3H,(H,7,8)(H,9,10)(H,11,12). The second-order valence-electron chi connectivity index (χ2n) is 2.39. The predicted molar refractivity (Wildman–Crippen MR) is 53.6 cm³/mol. The van der Waals surface area contributed by atoms with E-state index in [4.69, 9.17) is 13.7 Å². The van der Waals surface area contributed by atoms with E-state index >= 15 is 0 Å². The molecular weight excluding hydrogens is 264 g/mol. The molecule has 0 aliphatic rings. The molecule has 15 heavy (non-hydrogen) atoms. The molecular formula is C6H6O6S3. The van der Waals surface area contributed by atoms with E-state index in [-0.39, 0.29) is 14.7 Å². The highest BCUT2D eigenvalue weighted by molar-refractivity contribution is 7.81. The molecule has 0 bridgehead atoms. The molecule has 0 saturated carbocycles. The Kier molecular flexibility index (Phi) is 4.25. The molecule has 84 valence electrons. The third kappa shape index (κ3) is 3.26. The normalized spacial score (nSPS) is 17.0.